The highest BCUT2D eigenvalue weighted by Gasteiger charge is 2.35. The van der Waals surface area contributed by atoms with Gasteiger partial charge in [-0.1, -0.05) is 38.2 Å². The first-order valence-corrected chi connectivity index (χ1v) is 15.8. The zero-order chi connectivity index (χ0) is 32.7. The fourth-order valence-electron chi connectivity index (χ4n) is 3.95. The predicted octanol–water partition coefficient (Wildman–Crippen LogP) is 5.58. The molecule has 0 N–H and O–H groups in total. The number of ether oxygens (including phenoxy) is 6. The van der Waals surface area contributed by atoms with Gasteiger partial charge in [-0.2, -0.15) is 0 Å². The van der Waals surface area contributed by atoms with Gasteiger partial charge in [0.05, 0.1) is 25.2 Å². The van der Waals surface area contributed by atoms with Crippen LogP contribution in [0.5, 0.6) is 0 Å². The minimum Gasteiger partial charge on any atom is -0.467 e. The van der Waals surface area contributed by atoms with E-state index in [1.807, 2.05) is 0 Å². The number of methoxy groups -OCH3 is 1. The Balaban J connectivity index is 4.45. The Kier molecular flexibility index (Phi) is 26.5. The van der Waals surface area contributed by atoms with Crippen LogP contribution in [0.25, 0.3) is 0 Å². The molecule has 0 atom stereocenters. The molecular formula is C33H54O11. The van der Waals surface area contributed by atoms with Crippen LogP contribution >= 0.6 is 0 Å². The topological polar surface area (TPSA) is 141 Å². The molecule has 0 aliphatic carbocycles. The molecule has 0 aliphatic rings. The van der Waals surface area contributed by atoms with Gasteiger partial charge in [0.2, 0.25) is 0 Å². The number of carbonyl (C=O) groups is 5. The molecule has 11 nitrogen and oxygen atoms in total. The van der Waals surface area contributed by atoms with Gasteiger partial charge in [0.1, 0.15) is 19.8 Å². The number of allylic oxidation sites excluding steroid dienone is 4. The zero-order valence-electron chi connectivity index (χ0n) is 27.0. The van der Waals surface area contributed by atoms with Crippen molar-refractivity contribution in [3.05, 3.63) is 24.3 Å². The van der Waals surface area contributed by atoms with E-state index in [0.29, 0.717) is 13.2 Å². The van der Waals surface area contributed by atoms with E-state index in [1.54, 1.807) is 0 Å². The van der Waals surface area contributed by atoms with Gasteiger partial charge in [0, 0.05) is 32.8 Å². The van der Waals surface area contributed by atoms with Gasteiger partial charge in [-0.3, -0.25) is 24.0 Å². The van der Waals surface area contributed by atoms with Gasteiger partial charge < -0.3 is 28.4 Å². The predicted molar refractivity (Wildman–Crippen MR) is 164 cm³/mol. The van der Waals surface area contributed by atoms with E-state index in [0.717, 1.165) is 51.4 Å². The van der Waals surface area contributed by atoms with Crippen LogP contribution in [0.2, 0.25) is 0 Å². The number of carbonyl (C=O) groups excluding carboxylic acids is 5. The first kappa shape index (κ1) is 40.8. The normalized spacial score (nSPS) is 11.4. The Morgan fingerprint density at radius 3 is 1.36 bits per heavy atom. The second-order valence-electron chi connectivity index (χ2n) is 10.6. The van der Waals surface area contributed by atoms with Crippen LogP contribution in [0.1, 0.15) is 104 Å². The summed E-state index contributed by atoms with van der Waals surface area (Å²) in [6.07, 6.45) is 16.4. The third kappa shape index (κ3) is 24.3. The summed E-state index contributed by atoms with van der Waals surface area (Å²) in [4.78, 5) is 59.4. The molecule has 0 bridgehead atoms. The summed E-state index contributed by atoms with van der Waals surface area (Å²) in [6.45, 7) is 4.37. The van der Waals surface area contributed by atoms with Gasteiger partial charge >= 0.3 is 23.9 Å². The van der Waals surface area contributed by atoms with Crippen LogP contribution in [0.4, 0.5) is 0 Å². The van der Waals surface area contributed by atoms with E-state index in [4.69, 9.17) is 28.4 Å². The number of rotatable bonds is 29. The maximum Gasteiger partial charge on any atom is 0.305 e. The average molecular weight is 627 g/mol. The van der Waals surface area contributed by atoms with Gasteiger partial charge in [0.25, 0.3) is 6.47 Å². The zero-order valence-corrected chi connectivity index (χ0v) is 27.0. The van der Waals surface area contributed by atoms with E-state index >= 15 is 0 Å². The molecule has 0 radical (unpaired) electrons. The Morgan fingerprint density at radius 2 is 0.977 bits per heavy atom. The molecule has 44 heavy (non-hydrogen) atoms. The Bertz CT molecular complexity index is 793. The Morgan fingerprint density at radius 1 is 0.545 bits per heavy atom. The summed E-state index contributed by atoms with van der Waals surface area (Å²) in [6, 6.07) is 0. The van der Waals surface area contributed by atoms with Crippen molar-refractivity contribution in [2.75, 3.05) is 46.8 Å². The second-order valence-corrected chi connectivity index (χ2v) is 10.6. The Labute approximate surface area is 263 Å². The molecule has 0 amide bonds. The molecule has 0 rings (SSSR count). The molecule has 0 unspecified atom stereocenters. The number of hydrogen-bond donors (Lipinski definition) is 0. The van der Waals surface area contributed by atoms with Crippen molar-refractivity contribution in [3.63, 3.8) is 0 Å². The molecule has 0 saturated carbocycles. The number of esters is 4. The molecule has 0 aromatic carbocycles. The molecule has 0 aromatic heterocycles. The molecule has 0 saturated heterocycles. The SMILES string of the molecule is CC/C=C\CCCCOC(=O)CCCC(=O)OCC(COC)(COC=O)COC(=O)CCCC(=O)OCCCC/C=C\CC. The lowest BCUT2D eigenvalue weighted by molar-refractivity contribution is -0.162. The molecule has 0 heterocycles. The van der Waals surface area contributed by atoms with Crippen molar-refractivity contribution in [3.8, 4) is 0 Å². The van der Waals surface area contributed by atoms with Crippen LogP contribution < -0.4 is 0 Å². The summed E-state index contributed by atoms with van der Waals surface area (Å²) in [7, 11) is 1.42. The third-order valence-corrected chi connectivity index (χ3v) is 6.37. The maximum atomic E-state index is 12.3. The highest BCUT2D eigenvalue weighted by Crippen LogP contribution is 2.21. The number of hydrogen-bond acceptors (Lipinski definition) is 11. The van der Waals surface area contributed by atoms with Gasteiger partial charge in [-0.05, 0) is 64.2 Å². The minimum absolute atomic E-state index is 0.0136. The molecule has 0 spiro atoms. The summed E-state index contributed by atoms with van der Waals surface area (Å²) in [5.74, 6) is -1.86. The van der Waals surface area contributed by atoms with Gasteiger partial charge in [0.15, 0.2) is 0 Å². The Hall–Kier alpha value is -3.21. The van der Waals surface area contributed by atoms with Crippen LogP contribution in [0, 0.1) is 5.41 Å². The minimum atomic E-state index is -1.13. The molecule has 0 aliphatic heterocycles. The summed E-state index contributed by atoms with van der Waals surface area (Å²) >= 11 is 0. The van der Waals surface area contributed by atoms with Crippen molar-refractivity contribution < 1.29 is 52.4 Å². The van der Waals surface area contributed by atoms with Crippen LogP contribution in [-0.4, -0.2) is 77.1 Å². The van der Waals surface area contributed by atoms with E-state index in [2.05, 4.69) is 38.2 Å². The molecule has 0 fully saturated rings. The fourth-order valence-corrected chi connectivity index (χ4v) is 3.95. The van der Waals surface area contributed by atoms with Gasteiger partial charge in [-0.25, -0.2) is 0 Å². The van der Waals surface area contributed by atoms with Crippen molar-refractivity contribution in [2.45, 2.75) is 104 Å². The van der Waals surface area contributed by atoms with Crippen LogP contribution in [-0.2, 0) is 52.4 Å². The van der Waals surface area contributed by atoms with Crippen molar-refractivity contribution in [1.29, 1.82) is 0 Å². The first-order valence-electron chi connectivity index (χ1n) is 15.8. The fraction of sp³-hybridized carbons (Fsp3) is 0.727. The van der Waals surface area contributed by atoms with E-state index in [1.165, 1.54) is 7.11 Å². The van der Waals surface area contributed by atoms with Crippen LogP contribution in [0.3, 0.4) is 0 Å². The van der Waals surface area contributed by atoms with Crippen molar-refractivity contribution in [2.24, 2.45) is 5.41 Å². The van der Waals surface area contributed by atoms with Crippen LogP contribution in [0.15, 0.2) is 24.3 Å². The standard InChI is InChI=1S/C33H54O11/c1-4-6-8-10-12-14-22-41-29(35)18-16-20-31(37)43-26-33(24-39-3,25-40-28-34)27-44-32(38)21-17-19-30(36)42-23-15-13-11-9-7-5-2/h6-9,28H,4-5,10-27H2,1-3H3/b8-6-,9-7-. The smallest absolute Gasteiger partial charge is 0.305 e. The number of unbranched alkanes of at least 4 members (excludes halogenated alkanes) is 4. The largest absolute Gasteiger partial charge is 0.467 e. The lowest BCUT2D eigenvalue weighted by Gasteiger charge is -2.30. The van der Waals surface area contributed by atoms with E-state index < -0.39 is 17.4 Å². The second kappa shape index (κ2) is 28.6. The summed E-state index contributed by atoms with van der Waals surface area (Å²) in [5, 5.41) is 0. The lowest BCUT2D eigenvalue weighted by atomic mass is 9.92. The quantitative estimate of drug-likeness (QED) is 0.0338. The summed E-state index contributed by atoms with van der Waals surface area (Å²) in [5.41, 5.74) is -1.13. The molecule has 252 valence electrons. The van der Waals surface area contributed by atoms with Crippen molar-refractivity contribution >= 4 is 30.3 Å². The highest BCUT2D eigenvalue weighted by molar-refractivity contribution is 5.73. The average Bonchev–Trinajstić information content (AvgIpc) is 3.01. The third-order valence-electron chi connectivity index (χ3n) is 6.37. The molecule has 11 heteroatoms. The lowest BCUT2D eigenvalue weighted by Crippen LogP contribution is -2.42. The van der Waals surface area contributed by atoms with Crippen molar-refractivity contribution in [1.82, 2.24) is 0 Å². The van der Waals surface area contributed by atoms with E-state index in [9.17, 15) is 24.0 Å². The first-order chi connectivity index (χ1) is 21.3. The maximum absolute atomic E-state index is 12.3. The van der Waals surface area contributed by atoms with Gasteiger partial charge in [-0.15, -0.1) is 0 Å². The summed E-state index contributed by atoms with van der Waals surface area (Å²) < 4.78 is 31.3. The highest BCUT2D eigenvalue weighted by atomic mass is 16.6. The molecular weight excluding hydrogens is 572 g/mol. The molecule has 0 aromatic rings. The van der Waals surface area contributed by atoms with E-state index in [-0.39, 0.29) is 83.4 Å². The monoisotopic (exact) mass is 626 g/mol.